The van der Waals surface area contributed by atoms with Gasteiger partial charge >= 0.3 is 0 Å². The highest BCUT2D eigenvalue weighted by atomic mass is 79.9. The summed E-state index contributed by atoms with van der Waals surface area (Å²) < 4.78 is 11.9. The lowest BCUT2D eigenvalue weighted by atomic mass is 10.1. The zero-order valence-electron chi connectivity index (χ0n) is 18.4. The first-order valence-electron chi connectivity index (χ1n) is 10.6. The molecule has 0 atom stereocenters. The Balaban J connectivity index is 1.49. The smallest absolute Gasteiger partial charge is 0.294 e. The third-order valence-corrected chi connectivity index (χ3v) is 6.13. The maximum Gasteiger partial charge on any atom is 0.294 e. The summed E-state index contributed by atoms with van der Waals surface area (Å²) in [6.07, 6.45) is 2.31. The average molecular weight is 542 g/mol. The van der Waals surface area contributed by atoms with E-state index in [2.05, 4.69) is 21.2 Å². The van der Waals surface area contributed by atoms with E-state index in [1.807, 2.05) is 42.5 Å². The van der Waals surface area contributed by atoms with Gasteiger partial charge in [0.1, 0.15) is 12.3 Å². The molecule has 0 aromatic heterocycles. The molecule has 174 valence electrons. The summed E-state index contributed by atoms with van der Waals surface area (Å²) in [6.45, 7) is 0.326. The average Bonchev–Trinajstić information content (AvgIpc) is 2.83. The van der Waals surface area contributed by atoms with Crippen molar-refractivity contribution < 1.29 is 19.1 Å². The summed E-state index contributed by atoms with van der Waals surface area (Å²) in [7, 11) is 1.58. The molecule has 0 saturated heterocycles. The number of nitrogens with zero attached hydrogens (tertiary/aromatic N) is 1. The Morgan fingerprint density at radius 1 is 1.15 bits per heavy atom. The molecule has 1 aliphatic heterocycles. The summed E-state index contributed by atoms with van der Waals surface area (Å²) in [5, 5.41) is 3.55. The van der Waals surface area contributed by atoms with E-state index < -0.39 is 5.91 Å². The molecule has 2 amide bonds. The SMILES string of the molecule is COc1ccc(/C=C2\Oc3ccccc3N(CC(=O)NCCc3ccc(Cl)cc3)C2=O)cc1Br. The number of fused-ring (bicyclic) bond motifs is 1. The van der Waals surface area contributed by atoms with Gasteiger partial charge in [0.2, 0.25) is 5.91 Å². The molecule has 0 radical (unpaired) electrons. The number of ether oxygens (including phenoxy) is 2. The van der Waals surface area contributed by atoms with E-state index in [-0.39, 0.29) is 18.2 Å². The van der Waals surface area contributed by atoms with Crippen molar-refractivity contribution >= 4 is 51.1 Å². The molecule has 1 heterocycles. The topological polar surface area (TPSA) is 67.9 Å². The monoisotopic (exact) mass is 540 g/mol. The summed E-state index contributed by atoms with van der Waals surface area (Å²) in [5.41, 5.74) is 2.37. The van der Waals surface area contributed by atoms with Crippen LogP contribution in [0.15, 0.2) is 77.0 Å². The van der Waals surface area contributed by atoms with Gasteiger partial charge in [-0.2, -0.15) is 0 Å². The number of carbonyl (C=O) groups is 2. The van der Waals surface area contributed by atoms with Crippen LogP contribution in [-0.2, 0) is 16.0 Å². The number of rotatable bonds is 7. The molecule has 0 unspecified atom stereocenters. The van der Waals surface area contributed by atoms with Crippen LogP contribution in [0.2, 0.25) is 5.02 Å². The summed E-state index contributed by atoms with van der Waals surface area (Å²) in [4.78, 5) is 27.4. The quantitative estimate of drug-likeness (QED) is 0.416. The summed E-state index contributed by atoms with van der Waals surface area (Å²) >= 11 is 9.37. The molecule has 8 heteroatoms. The lowest BCUT2D eigenvalue weighted by Crippen LogP contribution is -2.44. The normalized spacial score (nSPS) is 13.9. The highest BCUT2D eigenvalue weighted by Crippen LogP contribution is 2.36. The fourth-order valence-corrected chi connectivity index (χ4v) is 4.22. The molecule has 0 bridgehead atoms. The van der Waals surface area contributed by atoms with Crippen LogP contribution < -0.4 is 19.7 Å². The van der Waals surface area contributed by atoms with Crippen molar-refractivity contribution in [3.63, 3.8) is 0 Å². The molecule has 3 aromatic carbocycles. The Hall–Kier alpha value is -3.29. The standard InChI is InChI=1S/C26H22BrClN2O4/c1-33-22-11-8-18(14-20(22)27)15-24-26(32)30(21-4-2-3-5-23(21)34-24)16-25(31)29-13-12-17-6-9-19(28)10-7-17/h2-11,14-15H,12-13,16H2,1H3,(H,29,31)/b24-15-. The van der Waals surface area contributed by atoms with Crippen LogP contribution in [0.1, 0.15) is 11.1 Å². The van der Waals surface area contributed by atoms with E-state index in [4.69, 9.17) is 21.1 Å². The maximum atomic E-state index is 13.3. The van der Waals surface area contributed by atoms with Gasteiger partial charge in [-0.25, -0.2) is 0 Å². The molecule has 6 nitrogen and oxygen atoms in total. The Morgan fingerprint density at radius 3 is 2.65 bits per heavy atom. The van der Waals surface area contributed by atoms with Crippen LogP contribution in [0.4, 0.5) is 5.69 Å². The summed E-state index contributed by atoms with van der Waals surface area (Å²) in [6, 6.07) is 20.1. The molecule has 1 aliphatic rings. The van der Waals surface area contributed by atoms with Gasteiger partial charge in [0.15, 0.2) is 11.5 Å². The second-order valence-electron chi connectivity index (χ2n) is 7.59. The van der Waals surface area contributed by atoms with E-state index in [0.717, 1.165) is 15.6 Å². The van der Waals surface area contributed by atoms with Gasteiger partial charge in [-0.15, -0.1) is 0 Å². The number of nitrogens with one attached hydrogen (secondary N) is 1. The van der Waals surface area contributed by atoms with E-state index in [9.17, 15) is 9.59 Å². The van der Waals surface area contributed by atoms with Crippen molar-refractivity contribution in [1.82, 2.24) is 5.32 Å². The maximum absolute atomic E-state index is 13.3. The van der Waals surface area contributed by atoms with Crippen molar-refractivity contribution in [2.45, 2.75) is 6.42 Å². The summed E-state index contributed by atoms with van der Waals surface area (Å²) in [5.74, 6) is 0.670. The number of para-hydroxylation sites is 2. The van der Waals surface area contributed by atoms with Crippen LogP contribution >= 0.6 is 27.5 Å². The number of hydrogen-bond donors (Lipinski definition) is 1. The highest BCUT2D eigenvalue weighted by Gasteiger charge is 2.31. The number of anilines is 1. The lowest BCUT2D eigenvalue weighted by Gasteiger charge is -2.30. The lowest BCUT2D eigenvalue weighted by molar-refractivity contribution is -0.123. The number of benzene rings is 3. The van der Waals surface area contributed by atoms with E-state index in [1.54, 1.807) is 37.5 Å². The third-order valence-electron chi connectivity index (χ3n) is 5.26. The Kier molecular flexibility index (Phi) is 7.55. The van der Waals surface area contributed by atoms with Gasteiger partial charge < -0.3 is 14.8 Å². The number of halogens is 2. The highest BCUT2D eigenvalue weighted by molar-refractivity contribution is 9.10. The Bertz CT molecular complexity index is 1240. The molecule has 4 rings (SSSR count). The predicted molar refractivity (Wildman–Crippen MR) is 136 cm³/mol. The van der Waals surface area contributed by atoms with Crippen LogP contribution in [0, 0.1) is 0 Å². The molecule has 34 heavy (non-hydrogen) atoms. The van der Waals surface area contributed by atoms with Crippen molar-refractivity contribution in [2.24, 2.45) is 0 Å². The Morgan fingerprint density at radius 2 is 1.91 bits per heavy atom. The van der Waals surface area contributed by atoms with Gasteiger partial charge in [0, 0.05) is 11.6 Å². The second-order valence-corrected chi connectivity index (χ2v) is 8.88. The fourth-order valence-electron chi connectivity index (χ4n) is 3.54. The van der Waals surface area contributed by atoms with Crippen LogP contribution in [0.5, 0.6) is 11.5 Å². The number of carbonyl (C=O) groups excluding carboxylic acids is 2. The number of hydrogen-bond acceptors (Lipinski definition) is 4. The first-order valence-corrected chi connectivity index (χ1v) is 11.8. The van der Waals surface area contributed by atoms with Crippen molar-refractivity contribution in [1.29, 1.82) is 0 Å². The largest absolute Gasteiger partial charge is 0.496 e. The number of amides is 2. The molecule has 1 N–H and O–H groups in total. The zero-order chi connectivity index (χ0) is 24.1. The molecule has 0 saturated carbocycles. The van der Waals surface area contributed by atoms with Crippen LogP contribution in [-0.4, -0.2) is 32.0 Å². The minimum Gasteiger partial charge on any atom is -0.496 e. The van der Waals surface area contributed by atoms with E-state index in [0.29, 0.717) is 35.2 Å². The van der Waals surface area contributed by atoms with Crippen molar-refractivity contribution in [3.8, 4) is 11.5 Å². The molecule has 0 spiro atoms. The molecular weight excluding hydrogens is 520 g/mol. The molecule has 0 fully saturated rings. The van der Waals surface area contributed by atoms with Gasteiger partial charge in [-0.1, -0.05) is 41.9 Å². The van der Waals surface area contributed by atoms with Gasteiger partial charge in [0.25, 0.3) is 5.91 Å². The third kappa shape index (κ3) is 5.61. The van der Waals surface area contributed by atoms with Gasteiger partial charge in [-0.05, 0) is 76.0 Å². The molecule has 0 aliphatic carbocycles. The minimum atomic E-state index is -0.390. The zero-order valence-corrected chi connectivity index (χ0v) is 20.7. The fraction of sp³-hybridized carbons (Fsp3) is 0.154. The van der Waals surface area contributed by atoms with Gasteiger partial charge in [0.05, 0.1) is 17.3 Å². The first kappa shape index (κ1) is 23.9. The number of methoxy groups -OCH3 is 1. The Labute approximate surface area is 211 Å². The van der Waals surface area contributed by atoms with Crippen LogP contribution in [0.3, 0.4) is 0 Å². The second kappa shape index (κ2) is 10.8. The molecule has 3 aromatic rings. The van der Waals surface area contributed by atoms with Crippen molar-refractivity contribution in [2.75, 3.05) is 25.1 Å². The van der Waals surface area contributed by atoms with Gasteiger partial charge in [-0.3, -0.25) is 14.5 Å². The molecular formula is C26H22BrClN2O4. The van der Waals surface area contributed by atoms with E-state index >= 15 is 0 Å². The first-order chi connectivity index (χ1) is 16.4. The van der Waals surface area contributed by atoms with Crippen LogP contribution in [0.25, 0.3) is 6.08 Å². The predicted octanol–water partition coefficient (Wildman–Crippen LogP) is 5.24. The van der Waals surface area contributed by atoms with Crippen molar-refractivity contribution in [3.05, 3.63) is 93.1 Å². The van der Waals surface area contributed by atoms with E-state index in [1.165, 1.54) is 4.90 Å². The minimum absolute atomic E-state index is 0.122.